The van der Waals surface area contributed by atoms with Crippen molar-refractivity contribution in [1.82, 2.24) is 15.1 Å². The predicted octanol–water partition coefficient (Wildman–Crippen LogP) is 2.90. The largest absolute Gasteiger partial charge is 0.494 e. The fourth-order valence-electron chi connectivity index (χ4n) is 2.93. The highest BCUT2D eigenvalue weighted by molar-refractivity contribution is 7.92. The van der Waals surface area contributed by atoms with Gasteiger partial charge in [0.2, 0.25) is 0 Å². The van der Waals surface area contributed by atoms with Crippen molar-refractivity contribution >= 4 is 21.9 Å². The fourth-order valence-corrected chi connectivity index (χ4v) is 3.97. The van der Waals surface area contributed by atoms with Crippen molar-refractivity contribution in [3.05, 3.63) is 35.5 Å². The molecule has 158 valence electrons. The van der Waals surface area contributed by atoms with Crippen molar-refractivity contribution in [2.24, 2.45) is 0 Å². The maximum Gasteiger partial charge on any atom is 0.410 e. The summed E-state index contributed by atoms with van der Waals surface area (Å²) in [5.74, 6) is 0.777. The van der Waals surface area contributed by atoms with E-state index < -0.39 is 21.7 Å². The van der Waals surface area contributed by atoms with E-state index in [0.29, 0.717) is 30.9 Å². The molecule has 3 rings (SSSR count). The number of hydrogen-bond acceptors (Lipinski definition) is 6. The van der Waals surface area contributed by atoms with E-state index in [1.165, 1.54) is 17.0 Å². The molecule has 10 heteroatoms. The second kappa shape index (κ2) is 7.94. The Morgan fingerprint density at radius 1 is 1.28 bits per heavy atom. The molecule has 0 fully saturated rings. The highest BCUT2D eigenvalue weighted by atomic mass is 32.2. The van der Waals surface area contributed by atoms with Crippen molar-refractivity contribution in [3.8, 4) is 5.75 Å². The van der Waals surface area contributed by atoms with Crippen LogP contribution in [0, 0.1) is 0 Å². The molecule has 9 nitrogen and oxygen atoms in total. The number of hydrogen-bond donors (Lipinski definition) is 2. The van der Waals surface area contributed by atoms with Crippen LogP contribution in [0.15, 0.2) is 29.2 Å². The number of aromatic nitrogens is 2. The number of nitrogens with one attached hydrogen (secondary N) is 2. The van der Waals surface area contributed by atoms with Crippen LogP contribution in [0.25, 0.3) is 0 Å². The van der Waals surface area contributed by atoms with Gasteiger partial charge in [-0.05, 0) is 52.0 Å². The molecular weight excluding hydrogens is 396 g/mol. The van der Waals surface area contributed by atoms with Gasteiger partial charge in [-0.25, -0.2) is 13.2 Å². The summed E-state index contributed by atoms with van der Waals surface area (Å²) in [7, 11) is -3.84. The molecule has 2 N–H and O–H groups in total. The molecule has 0 saturated carbocycles. The minimum Gasteiger partial charge on any atom is -0.494 e. The van der Waals surface area contributed by atoms with Crippen LogP contribution in [0.5, 0.6) is 5.75 Å². The van der Waals surface area contributed by atoms with Crippen molar-refractivity contribution in [3.63, 3.8) is 0 Å². The smallest absolute Gasteiger partial charge is 0.410 e. The Balaban J connectivity index is 1.77. The van der Waals surface area contributed by atoms with Crippen LogP contribution in [0.1, 0.15) is 39.0 Å². The number of H-pyrrole nitrogens is 1. The standard InChI is InChI=1S/C19H26N4O5S/c1-5-27-13-6-8-14(9-7-13)29(25,26)22-17-15-12-23(11-10-16(15)20-21-17)18(24)28-19(2,3)4/h6-9H,5,10-12H2,1-4H3,(H2,20,21,22). The third-order valence-electron chi connectivity index (χ3n) is 4.26. The number of sulfonamides is 1. The van der Waals surface area contributed by atoms with Gasteiger partial charge in [0.15, 0.2) is 5.82 Å². The predicted molar refractivity (Wildman–Crippen MR) is 107 cm³/mol. The Hall–Kier alpha value is -2.75. The number of fused-ring (bicyclic) bond motifs is 1. The van der Waals surface area contributed by atoms with Gasteiger partial charge < -0.3 is 14.4 Å². The van der Waals surface area contributed by atoms with Crippen LogP contribution in [0.3, 0.4) is 0 Å². The topological polar surface area (TPSA) is 114 Å². The van der Waals surface area contributed by atoms with Gasteiger partial charge in [0.05, 0.1) is 18.0 Å². The van der Waals surface area contributed by atoms with Gasteiger partial charge in [0.1, 0.15) is 11.4 Å². The normalized spacial score (nSPS) is 14.3. The second-order valence-corrected chi connectivity index (χ2v) is 9.37. The van der Waals surface area contributed by atoms with Gasteiger partial charge >= 0.3 is 6.09 Å². The number of amides is 1. The molecule has 1 aliphatic rings. The molecule has 0 saturated heterocycles. The summed E-state index contributed by atoms with van der Waals surface area (Å²) in [6.45, 7) is 8.43. The summed E-state index contributed by atoms with van der Waals surface area (Å²) in [6, 6.07) is 6.14. The zero-order valence-corrected chi connectivity index (χ0v) is 17.8. The van der Waals surface area contributed by atoms with Gasteiger partial charge in [0, 0.05) is 24.2 Å². The van der Waals surface area contributed by atoms with Gasteiger partial charge in [-0.3, -0.25) is 9.82 Å². The van der Waals surface area contributed by atoms with Crippen molar-refractivity contribution in [2.45, 2.75) is 51.2 Å². The lowest BCUT2D eigenvalue weighted by Gasteiger charge is -2.30. The first-order valence-corrected chi connectivity index (χ1v) is 10.9. The summed E-state index contributed by atoms with van der Waals surface area (Å²) in [6.07, 6.45) is 0.0940. The lowest BCUT2D eigenvalue weighted by atomic mass is 10.1. The van der Waals surface area contributed by atoms with Crippen molar-refractivity contribution in [1.29, 1.82) is 0 Å². The number of aromatic amines is 1. The highest BCUT2D eigenvalue weighted by Gasteiger charge is 2.30. The molecule has 1 aliphatic heterocycles. The monoisotopic (exact) mass is 422 g/mol. The summed E-state index contributed by atoms with van der Waals surface area (Å²) >= 11 is 0. The zero-order chi connectivity index (χ0) is 21.2. The first-order chi connectivity index (χ1) is 13.6. The van der Waals surface area contributed by atoms with E-state index in [2.05, 4.69) is 14.9 Å². The number of nitrogens with zero attached hydrogens (tertiary/aromatic N) is 2. The lowest BCUT2D eigenvalue weighted by Crippen LogP contribution is -2.40. The molecule has 2 aromatic rings. The van der Waals surface area contributed by atoms with Gasteiger partial charge in [0.25, 0.3) is 10.0 Å². The second-order valence-electron chi connectivity index (χ2n) is 7.69. The molecule has 2 heterocycles. The molecule has 0 spiro atoms. The van der Waals surface area contributed by atoms with E-state index in [-0.39, 0.29) is 17.3 Å². The molecular formula is C19H26N4O5S. The molecule has 0 aliphatic carbocycles. The van der Waals surface area contributed by atoms with Crippen LogP contribution in [-0.4, -0.2) is 48.4 Å². The minimum atomic E-state index is -3.84. The molecule has 1 aromatic heterocycles. The van der Waals surface area contributed by atoms with Crippen LogP contribution < -0.4 is 9.46 Å². The lowest BCUT2D eigenvalue weighted by molar-refractivity contribution is 0.0224. The molecule has 0 unspecified atom stereocenters. The third kappa shape index (κ3) is 5.00. The summed E-state index contributed by atoms with van der Waals surface area (Å²) in [5.41, 5.74) is 0.831. The first kappa shape index (κ1) is 21.0. The Morgan fingerprint density at radius 3 is 2.59 bits per heavy atom. The Kier molecular flexibility index (Phi) is 5.74. The van der Waals surface area contributed by atoms with E-state index >= 15 is 0 Å². The van der Waals surface area contributed by atoms with Crippen molar-refractivity contribution in [2.75, 3.05) is 17.9 Å². The summed E-state index contributed by atoms with van der Waals surface area (Å²) in [5, 5.41) is 6.96. The van der Waals surface area contributed by atoms with Crippen LogP contribution >= 0.6 is 0 Å². The average molecular weight is 423 g/mol. The Labute approximate surface area is 170 Å². The number of anilines is 1. The number of benzene rings is 1. The molecule has 1 aromatic carbocycles. The third-order valence-corrected chi connectivity index (χ3v) is 5.62. The average Bonchev–Trinajstić information content (AvgIpc) is 3.02. The van der Waals surface area contributed by atoms with Gasteiger partial charge in [-0.1, -0.05) is 0 Å². The van der Waals surface area contributed by atoms with Crippen molar-refractivity contribution < 1.29 is 22.7 Å². The van der Waals surface area contributed by atoms with Crippen LogP contribution in [0.4, 0.5) is 10.6 Å². The highest BCUT2D eigenvalue weighted by Crippen LogP contribution is 2.27. The first-order valence-electron chi connectivity index (χ1n) is 9.39. The number of rotatable bonds is 5. The van der Waals surface area contributed by atoms with Gasteiger partial charge in [-0.15, -0.1) is 0 Å². The van der Waals surface area contributed by atoms with Gasteiger partial charge in [-0.2, -0.15) is 5.10 Å². The van der Waals surface area contributed by atoms with E-state index in [9.17, 15) is 13.2 Å². The fraction of sp³-hybridized carbons (Fsp3) is 0.474. The van der Waals surface area contributed by atoms with E-state index in [4.69, 9.17) is 9.47 Å². The summed E-state index contributed by atoms with van der Waals surface area (Å²) in [4.78, 5) is 14.0. The molecule has 1 amide bonds. The van der Waals surface area contributed by atoms with Crippen LogP contribution in [-0.2, 0) is 27.7 Å². The van der Waals surface area contributed by atoms with Crippen LogP contribution in [0.2, 0.25) is 0 Å². The Bertz CT molecular complexity index is 977. The quantitative estimate of drug-likeness (QED) is 0.766. The van der Waals surface area contributed by atoms with E-state index in [1.807, 2.05) is 6.92 Å². The molecule has 29 heavy (non-hydrogen) atoms. The number of carbonyl (C=O) groups is 1. The summed E-state index contributed by atoms with van der Waals surface area (Å²) < 4.78 is 38.8. The molecule has 0 atom stereocenters. The minimum absolute atomic E-state index is 0.0949. The maximum absolute atomic E-state index is 12.7. The maximum atomic E-state index is 12.7. The van der Waals surface area contributed by atoms with E-state index in [1.54, 1.807) is 32.9 Å². The SMILES string of the molecule is CCOc1ccc(S(=O)(=O)Nc2n[nH]c3c2CN(C(=O)OC(C)(C)C)CC3)cc1. The zero-order valence-electron chi connectivity index (χ0n) is 17.0. The number of carbonyl (C=O) groups excluding carboxylic acids is 1. The molecule has 0 radical (unpaired) electrons. The number of ether oxygens (including phenoxy) is 2. The Morgan fingerprint density at radius 2 is 1.97 bits per heavy atom. The molecule has 0 bridgehead atoms. The van der Waals surface area contributed by atoms with E-state index in [0.717, 1.165) is 5.69 Å².